The zero-order valence-electron chi connectivity index (χ0n) is 16.6. The smallest absolute Gasteiger partial charge is 0.243 e. The minimum Gasteiger partial charge on any atom is -0.353 e. The number of carbonyl (C=O) groups excluding carboxylic acids is 1. The van der Waals surface area contributed by atoms with E-state index in [4.69, 9.17) is 23.2 Å². The quantitative estimate of drug-likeness (QED) is 0.487. The summed E-state index contributed by atoms with van der Waals surface area (Å²) in [6.07, 6.45) is 1.29. The first kappa shape index (κ1) is 24.8. The molecule has 10 heteroatoms. The van der Waals surface area contributed by atoms with E-state index in [-0.39, 0.29) is 12.1 Å². The average Bonchev–Trinajstić information content (AvgIpc) is 2.67. The summed E-state index contributed by atoms with van der Waals surface area (Å²) in [7, 11) is -3.75. The van der Waals surface area contributed by atoms with Gasteiger partial charge in [-0.15, -0.1) is 0 Å². The molecule has 30 heavy (non-hydrogen) atoms. The molecule has 0 saturated heterocycles. The van der Waals surface area contributed by atoms with Gasteiger partial charge in [-0.3, -0.25) is 9.10 Å². The zero-order chi connectivity index (χ0) is 22.3. The SMILES string of the molecule is CCC(C(=O)NCCSCc1c(Cl)cccc1Cl)N(c1ccc(F)cc1)S(C)(=O)=O. The molecule has 0 spiro atoms. The first-order valence-corrected chi connectivity index (χ1v) is 12.9. The molecule has 0 heterocycles. The molecule has 0 fully saturated rings. The number of carbonyl (C=O) groups is 1. The Morgan fingerprint density at radius 3 is 2.30 bits per heavy atom. The number of anilines is 1. The van der Waals surface area contributed by atoms with Crippen molar-refractivity contribution >= 4 is 56.6 Å². The van der Waals surface area contributed by atoms with Crippen LogP contribution in [0.2, 0.25) is 10.0 Å². The molecule has 0 aromatic heterocycles. The fraction of sp³-hybridized carbons (Fsp3) is 0.350. The van der Waals surface area contributed by atoms with E-state index in [0.717, 1.165) is 28.3 Å². The molecule has 0 aliphatic heterocycles. The molecule has 0 saturated carbocycles. The van der Waals surface area contributed by atoms with Crippen LogP contribution >= 0.6 is 35.0 Å². The first-order chi connectivity index (χ1) is 14.1. The molecule has 1 unspecified atom stereocenters. The molecule has 0 bridgehead atoms. The fourth-order valence-electron chi connectivity index (χ4n) is 2.86. The molecule has 2 aromatic carbocycles. The zero-order valence-corrected chi connectivity index (χ0v) is 19.7. The Hall–Kier alpha value is -1.48. The summed E-state index contributed by atoms with van der Waals surface area (Å²) in [6.45, 7) is 2.07. The van der Waals surface area contributed by atoms with Crippen LogP contribution in [0, 0.1) is 5.82 Å². The maximum atomic E-state index is 13.2. The van der Waals surface area contributed by atoms with Crippen LogP contribution < -0.4 is 9.62 Å². The average molecular weight is 493 g/mol. The molecule has 1 amide bonds. The molecule has 0 aliphatic rings. The van der Waals surface area contributed by atoms with Crippen molar-refractivity contribution in [2.75, 3.05) is 22.9 Å². The number of hydrogen-bond acceptors (Lipinski definition) is 4. The van der Waals surface area contributed by atoms with Crippen molar-refractivity contribution in [3.63, 3.8) is 0 Å². The Morgan fingerprint density at radius 2 is 1.77 bits per heavy atom. The minimum absolute atomic E-state index is 0.239. The number of benzene rings is 2. The van der Waals surface area contributed by atoms with E-state index < -0.39 is 27.8 Å². The Morgan fingerprint density at radius 1 is 1.17 bits per heavy atom. The van der Waals surface area contributed by atoms with E-state index in [1.807, 2.05) is 0 Å². The van der Waals surface area contributed by atoms with E-state index in [1.165, 1.54) is 12.1 Å². The lowest BCUT2D eigenvalue weighted by atomic mass is 10.2. The molecule has 2 rings (SSSR count). The predicted molar refractivity (Wildman–Crippen MR) is 123 cm³/mol. The van der Waals surface area contributed by atoms with Gasteiger partial charge in [-0.2, -0.15) is 11.8 Å². The monoisotopic (exact) mass is 492 g/mol. The highest BCUT2D eigenvalue weighted by Gasteiger charge is 2.31. The van der Waals surface area contributed by atoms with Gasteiger partial charge in [0.25, 0.3) is 0 Å². The second-order valence-corrected chi connectivity index (χ2v) is 10.3. The van der Waals surface area contributed by atoms with Gasteiger partial charge in [-0.25, -0.2) is 12.8 Å². The number of nitrogens with zero attached hydrogens (tertiary/aromatic N) is 1. The van der Waals surface area contributed by atoms with Crippen LogP contribution in [-0.4, -0.2) is 38.9 Å². The molecular weight excluding hydrogens is 470 g/mol. The van der Waals surface area contributed by atoms with E-state index >= 15 is 0 Å². The largest absolute Gasteiger partial charge is 0.353 e. The van der Waals surface area contributed by atoms with Gasteiger partial charge in [-0.1, -0.05) is 36.2 Å². The molecule has 164 valence electrons. The summed E-state index contributed by atoms with van der Waals surface area (Å²) < 4.78 is 38.9. The van der Waals surface area contributed by atoms with E-state index in [1.54, 1.807) is 36.9 Å². The molecule has 1 N–H and O–H groups in total. The van der Waals surface area contributed by atoms with Crippen LogP contribution in [0.15, 0.2) is 42.5 Å². The lowest BCUT2D eigenvalue weighted by Crippen LogP contribution is -2.49. The maximum Gasteiger partial charge on any atom is 0.243 e. The van der Waals surface area contributed by atoms with Gasteiger partial charge >= 0.3 is 0 Å². The second-order valence-electron chi connectivity index (χ2n) is 6.50. The van der Waals surface area contributed by atoms with E-state index in [9.17, 15) is 17.6 Å². The predicted octanol–water partition coefficient (Wildman–Crippen LogP) is 4.73. The second kappa shape index (κ2) is 11.2. The Labute approximate surface area is 191 Å². The van der Waals surface area contributed by atoms with Gasteiger partial charge in [0.05, 0.1) is 11.9 Å². The fourth-order valence-corrected chi connectivity index (χ4v) is 5.66. The van der Waals surface area contributed by atoms with Crippen LogP contribution in [0.3, 0.4) is 0 Å². The lowest BCUT2D eigenvalue weighted by molar-refractivity contribution is -0.122. The highest BCUT2D eigenvalue weighted by atomic mass is 35.5. The Bertz CT molecular complexity index is 952. The number of amides is 1. The third-order valence-electron chi connectivity index (χ3n) is 4.26. The third-order valence-corrected chi connectivity index (χ3v) is 7.14. The van der Waals surface area contributed by atoms with Gasteiger partial charge < -0.3 is 5.32 Å². The van der Waals surface area contributed by atoms with Gasteiger partial charge in [0.2, 0.25) is 15.9 Å². The van der Waals surface area contributed by atoms with E-state index in [0.29, 0.717) is 28.1 Å². The van der Waals surface area contributed by atoms with E-state index in [2.05, 4.69) is 5.32 Å². The van der Waals surface area contributed by atoms with Crippen molar-refractivity contribution in [2.45, 2.75) is 25.1 Å². The summed E-state index contributed by atoms with van der Waals surface area (Å²) in [4.78, 5) is 12.7. The van der Waals surface area contributed by atoms with Gasteiger partial charge in [0.15, 0.2) is 0 Å². The normalized spacial score (nSPS) is 12.4. The summed E-state index contributed by atoms with van der Waals surface area (Å²) in [5.41, 5.74) is 1.08. The van der Waals surface area contributed by atoms with Crippen LogP contribution in [0.5, 0.6) is 0 Å². The van der Waals surface area contributed by atoms with Crippen molar-refractivity contribution in [3.8, 4) is 0 Å². The Kier molecular flexibility index (Phi) is 9.28. The molecule has 0 radical (unpaired) electrons. The summed E-state index contributed by atoms with van der Waals surface area (Å²) in [5.74, 6) is 0.291. The van der Waals surface area contributed by atoms with Gasteiger partial charge in [0, 0.05) is 28.1 Å². The standard InChI is InChI=1S/C20H23Cl2FN2O3S2/c1-3-19(25(30(2,27)28)15-9-7-14(23)8-10-15)20(26)24-11-12-29-13-16-17(21)5-4-6-18(16)22/h4-10,19H,3,11-13H2,1-2H3,(H,24,26). The summed E-state index contributed by atoms with van der Waals surface area (Å²) in [5, 5.41) is 3.96. The highest BCUT2D eigenvalue weighted by molar-refractivity contribution is 7.98. The van der Waals surface area contributed by atoms with Crippen molar-refractivity contribution < 1.29 is 17.6 Å². The number of nitrogens with one attached hydrogen (secondary N) is 1. The molecule has 0 aliphatic carbocycles. The van der Waals surface area contributed by atoms with Crippen LogP contribution in [0.25, 0.3) is 0 Å². The van der Waals surface area contributed by atoms with Crippen molar-refractivity contribution in [3.05, 3.63) is 63.9 Å². The first-order valence-electron chi connectivity index (χ1n) is 9.18. The maximum absolute atomic E-state index is 13.2. The van der Waals surface area contributed by atoms with Gasteiger partial charge in [-0.05, 0) is 48.4 Å². The van der Waals surface area contributed by atoms with Crippen molar-refractivity contribution in [2.24, 2.45) is 0 Å². The highest BCUT2D eigenvalue weighted by Crippen LogP contribution is 2.28. The van der Waals surface area contributed by atoms with Crippen LogP contribution in [-0.2, 0) is 20.6 Å². The van der Waals surface area contributed by atoms with Crippen molar-refractivity contribution in [1.29, 1.82) is 0 Å². The molecule has 1 atom stereocenters. The summed E-state index contributed by atoms with van der Waals surface area (Å²) >= 11 is 13.8. The number of halogens is 3. The Balaban J connectivity index is 1.98. The summed E-state index contributed by atoms with van der Waals surface area (Å²) in [6, 6.07) is 9.39. The topological polar surface area (TPSA) is 66.5 Å². The number of thioether (sulfide) groups is 1. The minimum atomic E-state index is -3.75. The number of sulfonamides is 1. The van der Waals surface area contributed by atoms with Crippen molar-refractivity contribution in [1.82, 2.24) is 5.32 Å². The molecule has 2 aromatic rings. The number of hydrogen-bond donors (Lipinski definition) is 1. The van der Waals surface area contributed by atoms with Crippen LogP contribution in [0.4, 0.5) is 10.1 Å². The van der Waals surface area contributed by atoms with Crippen LogP contribution in [0.1, 0.15) is 18.9 Å². The third kappa shape index (κ3) is 6.77. The molecule has 5 nitrogen and oxygen atoms in total. The van der Waals surface area contributed by atoms with Gasteiger partial charge in [0.1, 0.15) is 11.9 Å². The number of rotatable bonds is 10. The lowest BCUT2D eigenvalue weighted by Gasteiger charge is -2.30. The molecular formula is C20H23Cl2FN2O3S2.